The minimum absolute atomic E-state index is 0.670. The molecule has 2 aromatic rings. The standard InChI is InChI=1S/C11H10N2/c1-9-8-10(2)13(12-9)11-6-4-3-5-7-11/h2-8H,1H3. The Labute approximate surface area is 77.8 Å². The van der Waals surface area contributed by atoms with Gasteiger partial charge in [-0.2, -0.15) is 5.10 Å². The Morgan fingerprint density at radius 1 is 1.23 bits per heavy atom. The number of hydrogen-bond acceptors (Lipinski definition) is 1. The van der Waals surface area contributed by atoms with E-state index in [1.807, 2.05) is 43.3 Å². The van der Waals surface area contributed by atoms with Crippen LogP contribution in [0.25, 0.3) is 5.69 Å². The molecule has 64 valence electrons. The van der Waals surface area contributed by atoms with Gasteiger partial charge in [0, 0.05) is 12.6 Å². The maximum Gasteiger partial charge on any atom is 0.0649 e. The van der Waals surface area contributed by atoms with Crippen LogP contribution in [0.5, 0.6) is 0 Å². The Hall–Kier alpha value is -1.57. The topological polar surface area (TPSA) is 17.8 Å². The van der Waals surface area contributed by atoms with Gasteiger partial charge in [0.25, 0.3) is 0 Å². The van der Waals surface area contributed by atoms with E-state index in [1.54, 1.807) is 4.68 Å². The molecule has 0 fully saturated rings. The molecule has 0 aliphatic rings. The SMILES string of the molecule is [CH]c1cc(C)nn1-c1ccccc1. The van der Waals surface area contributed by atoms with E-state index >= 15 is 0 Å². The molecule has 0 saturated heterocycles. The summed E-state index contributed by atoms with van der Waals surface area (Å²) in [5.74, 6) is 0. The number of para-hydroxylation sites is 1. The van der Waals surface area contributed by atoms with Gasteiger partial charge in [-0.1, -0.05) is 18.2 Å². The molecular weight excluding hydrogens is 160 g/mol. The van der Waals surface area contributed by atoms with Crippen LogP contribution in [0.3, 0.4) is 0 Å². The smallest absolute Gasteiger partial charge is 0.0649 e. The Morgan fingerprint density at radius 3 is 2.46 bits per heavy atom. The number of aryl methyl sites for hydroxylation is 1. The fourth-order valence-corrected chi connectivity index (χ4v) is 1.30. The summed E-state index contributed by atoms with van der Waals surface area (Å²) in [6.45, 7) is 7.70. The highest BCUT2D eigenvalue weighted by molar-refractivity contribution is 5.33. The molecule has 0 unspecified atom stereocenters. The van der Waals surface area contributed by atoms with Crippen molar-refractivity contribution in [3.63, 3.8) is 0 Å². The fourth-order valence-electron chi connectivity index (χ4n) is 1.30. The zero-order valence-corrected chi connectivity index (χ0v) is 7.44. The fraction of sp³-hybridized carbons (Fsp3) is 0.0909. The van der Waals surface area contributed by atoms with E-state index in [4.69, 9.17) is 6.92 Å². The Bertz CT molecular complexity index is 401. The second-order valence-electron chi connectivity index (χ2n) is 2.96. The van der Waals surface area contributed by atoms with E-state index in [-0.39, 0.29) is 0 Å². The molecule has 1 aromatic carbocycles. The van der Waals surface area contributed by atoms with Crippen molar-refractivity contribution in [2.24, 2.45) is 0 Å². The van der Waals surface area contributed by atoms with Crippen LogP contribution >= 0.6 is 0 Å². The minimum Gasteiger partial charge on any atom is -0.237 e. The highest BCUT2D eigenvalue weighted by atomic mass is 15.3. The number of nitrogens with zero attached hydrogens (tertiary/aromatic N) is 2. The lowest BCUT2D eigenvalue weighted by Gasteiger charge is -2.02. The van der Waals surface area contributed by atoms with Gasteiger partial charge in [-0.3, -0.25) is 0 Å². The van der Waals surface area contributed by atoms with E-state index in [1.165, 1.54) is 0 Å². The zero-order chi connectivity index (χ0) is 9.26. The van der Waals surface area contributed by atoms with Crippen molar-refractivity contribution in [2.45, 2.75) is 6.92 Å². The first-order valence-corrected chi connectivity index (χ1v) is 4.15. The maximum atomic E-state index is 5.77. The normalized spacial score (nSPS) is 10.3. The summed E-state index contributed by atoms with van der Waals surface area (Å²) in [7, 11) is 0. The second kappa shape index (κ2) is 3.05. The maximum absolute atomic E-state index is 5.77. The van der Waals surface area contributed by atoms with E-state index < -0.39 is 0 Å². The van der Waals surface area contributed by atoms with E-state index in [2.05, 4.69) is 5.10 Å². The zero-order valence-electron chi connectivity index (χ0n) is 7.44. The van der Waals surface area contributed by atoms with Gasteiger partial charge in [0.05, 0.1) is 11.4 Å². The van der Waals surface area contributed by atoms with Gasteiger partial charge < -0.3 is 0 Å². The van der Waals surface area contributed by atoms with Crippen LogP contribution in [-0.4, -0.2) is 9.78 Å². The molecule has 0 amide bonds. The quantitative estimate of drug-likeness (QED) is 0.641. The summed E-state index contributed by atoms with van der Waals surface area (Å²) in [5, 5.41) is 4.27. The summed E-state index contributed by atoms with van der Waals surface area (Å²) in [5.41, 5.74) is 2.60. The summed E-state index contributed by atoms with van der Waals surface area (Å²) in [6, 6.07) is 11.7. The third kappa shape index (κ3) is 1.47. The minimum atomic E-state index is 0.670. The molecule has 0 aliphatic carbocycles. The lowest BCUT2D eigenvalue weighted by Crippen LogP contribution is -1.97. The molecule has 0 saturated carbocycles. The number of aromatic nitrogens is 2. The van der Waals surface area contributed by atoms with Crippen molar-refractivity contribution in [2.75, 3.05) is 0 Å². The number of benzene rings is 1. The van der Waals surface area contributed by atoms with Gasteiger partial charge in [0.2, 0.25) is 0 Å². The van der Waals surface area contributed by atoms with Gasteiger partial charge in [-0.05, 0) is 25.1 Å². The van der Waals surface area contributed by atoms with Crippen LogP contribution in [0.15, 0.2) is 36.4 Å². The summed E-state index contributed by atoms with van der Waals surface area (Å²) in [6.07, 6.45) is 0. The third-order valence-corrected chi connectivity index (χ3v) is 1.86. The highest BCUT2D eigenvalue weighted by Crippen LogP contribution is 2.10. The van der Waals surface area contributed by atoms with E-state index in [9.17, 15) is 0 Å². The van der Waals surface area contributed by atoms with Crippen molar-refractivity contribution in [1.82, 2.24) is 9.78 Å². The molecule has 0 atom stereocenters. The number of hydrogen-bond donors (Lipinski definition) is 0. The largest absolute Gasteiger partial charge is 0.237 e. The average Bonchev–Trinajstić information content (AvgIpc) is 2.47. The molecule has 0 spiro atoms. The van der Waals surface area contributed by atoms with Gasteiger partial charge in [0.15, 0.2) is 0 Å². The van der Waals surface area contributed by atoms with Crippen molar-refractivity contribution in [3.8, 4) is 5.69 Å². The van der Waals surface area contributed by atoms with Crippen LogP contribution < -0.4 is 0 Å². The molecule has 2 heteroatoms. The summed E-state index contributed by atoms with van der Waals surface area (Å²) in [4.78, 5) is 0. The van der Waals surface area contributed by atoms with Crippen LogP contribution in [0.2, 0.25) is 0 Å². The van der Waals surface area contributed by atoms with Crippen LogP contribution in [-0.2, 0) is 0 Å². The van der Waals surface area contributed by atoms with Crippen LogP contribution in [0, 0.1) is 13.8 Å². The van der Waals surface area contributed by atoms with Crippen molar-refractivity contribution in [1.29, 1.82) is 0 Å². The molecule has 2 rings (SSSR count). The molecule has 1 heterocycles. The first-order chi connectivity index (χ1) is 6.27. The van der Waals surface area contributed by atoms with Crippen LogP contribution in [0.1, 0.15) is 11.4 Å². The average molecular weight is 170 g/mol. The Kier molecular flexibility index (Phi) is 1.89. The first-order valence-electron chi connectivity index (χ1n) is 4.15. The first kappa shape index (κ1) is 8.05. The lowest BCUT2D eigenvalue weighted by atomic mass is 10.3. The predicted molar refractivity (Wildman–Crippen MR) is 51.7 cm³/mol. The molecule has 1 aromatic heterocycles. The Balaban J connectivity index is 2.53. The summed E-state index contributed by atoms with van der Waals surface area (Å²) < 4.78 is 1.73. The monoisotopic (exact) mass is 170 g/mol. The van der Waals surface area contributed by atoms with E-state index in [0.29, 0.717) is 5.69 Å². The lowest BCUT2D eigenvalue weighted by molar-refractivity contribution is 0.848. The molecule has 0 bridgehead atoms. The second-order valence-corrected chi connectivity index (χ2v) is 2.96. The van der Waals surface area contributed by atoms with Crippen molar-refractivity contribution in [3.05, 3.63) is 54.7 Å². The Morgan fingerprint density at radius 2 is 1.92 bits per heavy atom. The third-order valence-electron chi connectivity index (χ3n) is 1.86. The molecule has 2 nitrogen and oxygen atoms in total. The highest BCUT2D eigenvalue weighted by Gasteiger charge is 2.01. The molecule has 13 heavy (non-hydrogen) atoms. The van der Waals surface area contributed by atoms with E-state index in [0.717, 1.165) is 11.4 Å². The molecular formula is C11H10N2. The summed E-state index contributed by atoms with van der Waals surface area (Å²) >= 11 is 0. The molecule has 0 N–H and O–H groups in total. The predicted octanol–water partition coefficient (Wildman–Crippen LogP) is 2.24. The molecule has 0 aliphatic heterocycles. The number of rotatable bonds is 1. The van der Waals surface area contributed by atoms with Gasteiger partial charge in [0.1, 0.15) is 0 Å². The van der Waals surface area contributed by atoms with Gasteiger partial charge in [-0.15, -0.1) is 0 Å². The van der Waals surface area contributed by atoms with Crippen LogP contribution in [0.4, 0.5) is 0 Å². The van der Waals surface area contributed by atoms with Crippen molar-refractivity contribution >= 4 is 0 Å². The van der Waals surface area contributed by atoms with Gasteiger partial charge >= 0.3 is 0 Å². The molecule has 2 radical (unpaired) electrons. The van der Waals surface area contributed by atoms with Gasteiger partial charge in [-0.25, -0.2) is 4.68 Å². The van der Waals surface area contributed by atoms with Crippen molar-refractivity contribution < 1.29 is 0 Å².